The van der Waals surface area contributed by atoms with Crippen molar-refractivity contribution in [3.05, 3.63) is 11.9 Å². The van der Waals surface area contributed by atoms with E-state index in [0.717, 1.165) is 38.0 Å². The molecule has 0 saturated carbocycles. The number of hydrogen-bond donors (Lipinski definition) is 3. The quantitative estimate of drug-likeness (QED) is 0.163. The molecular formula is C30H58N8O6. The van der Waals surface area contributed by atoms with Gasteiger partial charge >= 0.3 is 6.03 Å². The van der Waals surface area contributed by atoms with Crippen LogP contribution in [0.2, 0.25) is 0 Å². The van der Waals surface area contributed by atoms with Gasteiger partial charge in [-0.2, -0.15) is 10.2 Å². The van der Waals surface area contributed by atoms with E-state index in [9.17, 15) is 14.4 Å². The van der Waals surface area contributed by atoms with E-state index in [1.54, 1.807) is 4.68 Å². The molecule has 1 saturated heterocycles. The Morgan fingerprint density at radius 1 is 0.932 bits per heavy atom. The zero-order valence-corrected chi connectivity index (χ0v) is 28.0. The summed E-state index contributed by atoms with van der Waals surface area (Å²) in [6, 6.07) is -0.0463. The summed E-state index contributed by atoms with van der Waals surface area (Å²) < 4.78 is 18.2. The highest BCUT2D eigenvalue weighted by atomic mass is 16.5. The number of ketones is 1. The number of aromatic nitrogens is 3. The molecule has 0 radical (unpaired) electrons. The van der Waals surface area contributed by atoms with E-state index in [1.807, 2.05) is 40.8 Å². The van der Waals surface area contributed by atoms with E-state index >= 15 is 0 Å². The lowest BCUT2D eigenvalue weighted by atomic mass is 9.99. The number of nitrogens with zero attached hydrogens (tertiary/aromatic N) is 5. The molecule has 3 heterocycles. The Balaban J connectivity index is 0.00000159. The Kier molecular flexibility index (Phi) is 25.7. The highest BCUT2D eigenvalue weighted by Gasteiger charge is 2.41. The highest BCUT2D eigenvalue weighted by molar-refractivity contribution is 5.79. The summed E-state index contributed by atoms with van der Waals surface area (Å²) in [4.78, 5) is 33.2. The summed E-state index contributed by atoms with van der Waals surface area (Å²) in [5.74, 6) is 0.270. The molecule has 14 heteroatoms. The number of hydrogen-bond acceptors (Lipinski definition) is 10. The summed E-state index contributed by atoms with van der Waals surface area (Å²) in [6.07, 6.45) is 7.90. The van der Waals surface area contributed by atoms with Gasteiger partial charge < -0.3 is 30.2 Å². The van der Waals surface area contributed by atoms with Crippen molar-refractivity contribution in [1.29, 1.82) is 0 Å². The van der Waals surface area contributed by atoms with Gasteiger partial charge in [0.1, 0.15) is 5.78 Å². The first kappa shape index (κ1) is 41.0. The predicted molar refractivity (Wildman–Crippen MR) is 170 cm³/mol. The molecule has 1 aromatic rings. The average molecular weight is 627 g/mol. The lowest BCUT2D eigenvalue weighted by Crippen LogP contribution is -2.27. The molecule has 1 fully saturated rings. The molecule has 2 aliphatic rings. The minimum absolute atomic E-state index is 0.0463. The Labute approximate surface area is 263 Å². The van der Waals surface area contributed by atoms with Gasteiger partial charge in [-0.1, -0.05) is 59.6 Å². The molecule has 0 unspecified atom stereocenters. The number of amides is 3. The van der Waals surface area contributed by atoms with Crippen molar-refractivity contribution in [1.82, 2.24) is 30.9 Å². The molecule has 2 aliphatic heterocycles. The van der Waals surface area contributed by atoms with Crippen molar-refractivity contribution in [2.75, 3.05) is 59.3 Å². The van der Waals surface area contributed by atoms with Gasteiger partial charge in [-0.05, 0) is 12.8 Å². The number of carbonyl (C=O) groups excluding carboxylic acids is 3. The van der Waals surface area contributed by atoms with Crippen LogP contribution in [0, 0.1) is 0 Å². The summed E-state index contributed by atoms with van der Waals surface area (Å²) in [5, 5.41) is 24.4. The Morgan fingerprint density at radius 2 is 1.55 bits per heavy atom. The van der Waals surface area contributed by atoms with Gasteiger partial charge in [0, 0.05) is 45.1 Å². The first-order chi connectivity index (χ1) is 21.5. The molecule has 3 amide bonds. The van der Waals surface area contributed by atoms with Crippen LogP contribution in [0.1, 0.15) is 92.2 Å². The first-order valence-corrected chi connectivity index (χ1v) is 16.3. The monoisotopic (exact) mass is 626 g/mol. The van der Waals surface area contributed by atoms with Gasteiger partial charge in [-0.3, -0.25) is 9.59 Å². The largest absolute Gasteiger partial charge is 0.377 e. The fourth-order valence-electron chi connectivity index (χ4n) is 3.66. The van der Waals surface area contributed by atoms with Crippen LogP contribution in [0.5, 0.6) is 0 Å². The van der Waals surface area contributed by atoms with Crippen LogP contribution in [0.25, 0.3) is 0 Å². The van der Waals surface area contributed by atoms with E-state index < -0.39 is 5.66 Å². The molecular weight excluding hydrogens is 568 g/mol. The van der Waals surface area contributed by atoms with Crippen molar-refractivity contribution in [3.8, 4) is 0 Å². The molecule has 254 valence electrons. The van der Waals surface area contributed by atoms with Crippen LogP contribution in [0.4, 0.5) is 4.79 Å². The second-order valence-electron chi connectivity index (χ2n) is 9.55. The number of urea groups is 1. The maximum Gasteiger partial charge on any atom is 0.314 e. The van der Waals surface area contributed by atoms with Crippen LogP contribution >= 0.6 is 0 Å². The third-order valence-electron chi connectivity index (χ3n) is 6.11. The number of aryl methyl sites for hydroxylation is 1. The van der Waals surface area contributed by atoms with Crippen molar-refractivity contribution in [2.24, 2.45) is 10.2 Å². The molecule has 44 heavy (non-hydrogen) atoms. The number of rotatable bonds is 22. The van der Waals surface area contributed by atoms with Crippen LogP contribution in [0.3, 0.4) is 0 Å². The lowest BCUT2D eigenvalue weighted by molar-refractivity contribution is -0.121. The third kappa shape index (κ3) is 21.7. The van der Waals surface area contributed by atoms with Crippen LogP contribution in [-0.4, -0.2) is 97.7 Å². The molecule has 0 atom stereocenters. The maximum absolute atomic E-state index is 11.6. The minimum atomic E-state index is -0.519. The van der Waals surface area contributed by atoms with Gasteiger partial charge in [-0.15, -0.1) is 5.10 Å². The molecule has 0 aromatic carbocycles. The molecule has 1 aromatic heterocycles. The zero-order chi connectivity index (χ0) is 32.9. The standard InChI is InChI=1S/C23H40N6O5.C3H6N2O.2C2H6/c1-3-5-6-7-22(31)24-10-12-32-14-16-34-17-15-33-13-11-29-19-20(25-28-29)8-9-23(26-27-23)18-21(30)4-2;6-3-4-1-2-5-3;2*1-2/h19H,3-18H2,1-2H3,(H,24,31);1-2H2,(H2,4,5,6);2*1-2H3. The number of nitrogens with one attached hydrogen (secondary N) is 3. The summed E-state index contributed by atoms with van der Waals surface area (Å²) >= 11 is 0. The molecule has 0 bridgehead atoms. The fraction of sp³-hybridized carbons (Fsp3) is 0.833. The molecule has 14 nitrogen and oxygen atoms in total. The Bertz CT molecular complexity index is 898. The highest BCUT2D eigenvalue weighted by Crippen LogP contribution is 2.36. The van der Waals surface area contributed by atoms with Crippen molar-refractivity contribution in [3.63, 3.8) is 0 Å². The summed E-state index contributed by atoms with van der Waals surface area (Å²) in [6.45, 7) is 17.6. The van der Waals surface area contributed by atoms with Gasteiger partial charge in [0.2, 0.25) is 5.91 Å². The summed E-state index contributed by atoms with van der Waals surface area (Å²) in [7, 11) is 0. The second kappa shape index (κ2) is 27.6. The van der Waals surface area contributed by atoms with E-state index in [-0.39, 0.29) is 17.7 Å². The number of ether oxygens (including phenoxy) is 3. The normalized spacial score (nSPS) is 13.6. The number of carbonyl (C=O) groups is 3. The van der Waals surface area contributed by atoms with Gasteiger partial charge in [0.15, 0.2) is 5.66 Å². The van der Waals surface area contributed by atoms with E-state index in [1.165, 1.54) is 0 Å². The van der Waals surface area contributed by atoms with Crippen molar-refractivity contribution in [2.45, 2.75) is 105 Å². The van der Waals surface area contributed by atoms with Gasteiger partial charge in [0.25, 0.3) is 0 Å². The SMILES string of the molecule is CC.CC.CCCCCC(=O)NCCOCCOCCOCCn1cc(CCC2(CC(=O)CC)N=N2)nn1.O=C1NCCN1. The van der Waals surface area contributed by atoms with Crippen molar-refractivity contribution < 1.29 is 28.6 Å². The molecule has 0 aliphatic carbocycles. The predicted octanol–water partition coefficient (Wildman–Crippen LogP) is 3.84. The maximum atomic E-state index is 11.6. The molecule has 0 spiro atoms. The number of Topliss-reactive ketones (excluding diaryl/α,β-unsaturated/α-hetero) is 1. The van der Waals surface area contributed by atoms with E-state index in [2.05, 4.69) is 43.4 Å². The third-order valence-corrected chi connectivity index (χ3v) is 6.11. The van der Waals surface area contributed by atoms with Crippen LogP contribution in [0.15, 0.2) is 16.4 Å². The van der Waals surface area contributed by atoms with E-state index in [4.69, 9.17) is 14.2 Å². The average Bonchev–Trinajstić information content (AvgIpc) is 3.38. The molecule has 3 N–H and O–H groups in total. The Morgan fingerprint density at radius 3 is 2.09 bits per heavy atom. The van der Waals surface area contributed by atoms with Crippen LogP contribution < -0.4 is 16.0 Å². The Hall–Kier alpha value is -2.97. The minimum Gasteiger partial charge on any atom is -0.377 e. The van der Waals surface area contributed by atoms with E-state index in [0.29, 0.717) is 84.8 Å². The van der Waals surface area contributed by atoms with Crippen LogP contribution in [-0.2, 0) is 36.8 Å². The second-order valence-corrected chi connectivity index (χ2v) is 9.55. The zero-order valence-electron chi connectivity index (χ0n) is 28.0. The van der Waals surface area contributed by atoms with Crippen molar-refractivity contribution >= 4 is 17.7 Å². The van der Waals surface area contributed by atoms with Gasteiger partial charge in [0.05, 0.1) is 58.3 Å². The number of unbranched alkanes of at least 4 members (excludes halogenated alkanes) is 2. The fourth-order valence-corrected chi connectivity index (χ4v) is 3.66. The van der Waals surface area contributed by atoms with Gasteiger partial charge in [-0.25, -0.2) is 9.48 Å². The lowest BCUT2D eigenvalue weighted by Gasteiger charge is -2.08. The molecule has 3 rings (SSSR count). The smallest absolute Gasteiger partial charge is 0.314 e. The topological polar surface area (TPSA) is 170 Å². The summed E-state index contributed by atoms with van der Waals surface area (Å²) in [5.41, 5.74) is 0.342. The first-order valence-electron chi connectivity index (χ1n) is 16.3.